The zero-order valence-electron chi connectivity index (χ0n) is 11.9. The standard InChI is InChI=1S/C15H22N2O/c1-10(2)12-7-6-11(3)13(8-12)14-9-16(4)15(18)17(14)5/h6-8,10,14H,9H2,1-5H3. The van der Waals surface area contributed by atoms with Crippen molar-refractivity contribution in [2.45, 2.75) is 32.7 Å². The number of carbonyl (C=O) groups excluding carboxylic acids is 1. The molecule has 1 fully saturated rings. The number of aryl methyl sites for hydroxylation is 1. The van der Waals surface area contributed by atoms with Crippen molar-refractivity contribution >= 4 is 6.03 Å². The van der Waals surface area contributed by atoms with E-state index in [0.29, 0.717) is 5.92 Å². The first-order chi connectivity index (χ1) is 8.41. The van der Waals surface area contributed by atoms with E-state index in [1.54, 1.807) is 4.90 Å². The molecule has 0 bridgehead atoms. The van der Waals surface area contributed by atoms with Crippen LogP contribution in [-0.2, 0) is 0 Å². The van der Waals surface area contributed by atoms with Crippen LogP contribution in [0.3, 0.4) is 0 Å². The summed E-state index contributed by atoms with van der Waals surface area (Å²) in [7, 11) is 3.75. The zero-order valence-corrected chi connectivity index (χ0v) is 11.9. The number of rotatable bonds is 2. The fourth-order valence-electron chi connectivity index (χ4n) is 2.55. The minimum absolute atomic E-state index is 0.106. The molecule has 1 aliphatic rings. The van der Waals surface area contributed by atoms with Gasteiger partial charge >= 0.3 is 6.03 Å². The number of likely N-dealkylation sites (N-methyl/N-ethyl adjacent to an activating group) is 2. The minimum atomic E-state index is 0.106. The van der Waals surface area contributed by atoms with E-state index in [1.807, 2.05) is 19.0 Å². The van der Waals surface area contributed by atoms with Crippen molar-refractivity contribution in [1.29, 1.82) is 0 Å². The first kappa shape index (κ1) is 12.9. The van der Waals surface area contributed by atoms with E-state index < -0.39 is 0 Å². The van der Waals surface area contributed by atoms with E-state index in [9.17, 15) is 4.79 Å². The highest BCUT2D eigenvalue weighted by Gasteiger charge is 2.33. The van der Waals surface area contributed by atoms with Crippen molar-refractivity contribution in [3.05, 3.63) is 34.9 Å². The Labute approximate surface area is 109 Å². The van der Waals surface area contributed by atoms with Crippen molar-refractivity contribution in [2.75, 3.05) is 20.6 Å². The molecule has 1 heterocycles. The third-order valence-electron chi connectivity index (χ3n) is 3.87. The summed E-state index contributed by atoms with van der Waals surface area (Å²) in [4.78, 5) is 15.5. The summed E-state index contributed by atoms with van der Waals surface area (Å²) in [6, 6.07) is 6.90. The Morgan fingerprint density at radius 2 is 1.94 bits per heavy atom. The number of amides is 2. The third-order valence-corrected chi connectivity index (χ3v) is 3.87. The van der Waals surface area contributed by atoms with Gasteiger partial charge in [-0.1, -0.05) is 32.0 Å². The third kappa shape index (κ3) is 2.09. The van der Waals surface area contributed by atoms with Gasteiger partial charge in [0.05, 0.1) is 6.04 Å². The molecule has 0 radical (unpaired) electrons. The highest BCUT2D eigenvalue weighted by atomic mass is 16.2. The molecule has 1 atom stereocenters. The van der Waals surface area contributed by atoms with Gasteiger partial charge in [-0.25, -0.2) is 4.79 Å². The summed E-state index contributed by atoms with van der Waals surface area (Å²) in [6.45, 7) is 7.29. The molecule has 18 heavy (non-hydrogen) atoms. The average molecular weight is 246 g/mol. The normalized spacial score (nSPS) is 20.1. The van der Waals surface area contributed by atoms with Crippen molar-refractivity contribution in [2.24, 2.45) is 0 Å². The molecule has 1 aliphatic heterocycles. The molecule has 1 saturated heterocycles. The van der Waals surface area contributed by atoms with Crippen LogP contribution in [0.25, 0.3) is 0 Å². The maximum Gasteiger partial charge on any atom is 0.320 e. The van der Waals surface area contributed by atoms with Crippen LogP contribution in [0.1, 0.15) is 42.5 Å². The average Bonchev–Trinajstić information content (AvgIpc) is 2.57. The number of hydrogen-bond acceptors (Lipinski definition) is 1. The molecule has 2 amide bonds. The van der Waals surface area contributed by atoms with Gasteiger partial charge in [0.1, 0.15) is 0 Å². The van der Waals surface area contributed by atoms with Crippen molar-refractivity contribution in [1.82, 2.24) is 9.80 Å². The predicted octanol–water partition coefficient (Wildman–Crippen LogP) is 3.16. The highest BCUT2D eigenvalue weighted by molar-refractivity contribution is 5.77. The van der Waals surface area contributed by atoms with Crippen LogP contribution in [0.4, 0.5) is 4.79 Å². The first-order valence-corrected chi connectivity index (χ1v) is 6.50. The van der Waals surface area contributed by atoms with E-state index in [0.717, 1.165) is 6.54 Å². The second-order valence-electron chi connectivity index (χ2n) is 5.56. The molecule has 0 saturated carbocycles. The fourth-order valence-corrected chi connectivity index (χ4v) is 2.55. The van der Waals surface area contributed by atoms with Crippen molar-refractivity contribution in [3.8, 4) is 0 Å². The number of nitrogens with zero attached hydrogens (tertiary/aromatic N) is 2. The number of hydrogen-bond donors (Lipinski definition) is 0. The summed E-state index contributed by atoms with van der Waals surface area (Å²) < 4.78 is 0. The molecule has 0 aromatic heterocycles. The molecule has 3 nitrogen and oxygen atoms in total. The molecule has 0 spiro atoms. The predicted molar refractivity (Wildman–Crippen MR) is 73.8 cm³/mol. The molecule has 2 rings (SSSR count). The Kier molecular flexibility index (Phi) is 3.33. The van der Waals surface area contributed by atoms with Gasteiger partial charge in [0.2, 0.25) is 0 Å². The Morgan fingerprint density at radius 1 is 1.28 bits per heavy atom. The van der Waals surface area contributed by atoms with Crippen molar-refractivity contribution < 1.29 is 4.79 Å². The second kappa shape index (κ2) is 4.63. The fraction of sp³-hybridized carbons (Fsp3) is 0.533. The van der Waals surface area contributed by atoms with Crippen LogP contribution in [0.15, 0.2) is 18.2 Å². The Bertz CT molecular complexity index is 468. The van der Waals surface area contributed by atoms with Crippen LogP contribution < -0.4 is 0 Å². The van der Waals surface area contributed by atoms with E-state index in [2.05, 4.69) is 39.0 Å². The number of urea groups is 1. The molecule has 3 heteroatoms. The molecule has 1 unspecified atom stereocenters. The second-order valence-corrected chi connectivity index (χ2v) is 5.56. The van der Waals surface area contributed by atoms with E-state index in [1.165, 1.54) is 16.7 Å². The van der Waals surface area contributed by atoms with Gasteiger partial charge in [-0.3, -0.25) is 0 Å². The quantitative estimate of drug-likeness (QED) is 0.786. The summed E-state index contributed by atoms with van der Waals surface area (Å²) in [6.07, 6.45) is 0. The molecular formula is C15H22N2O. The molecule has 0 N–H and O–H groups in total. The van der Waals surface area contributed by atoms with Gasteiger partial charge in [-0.05, 0) is 29.5 Å². The maximum absolute atomic E-state index is 11.9. The van der Waals surface area contributed by atoms with Crippen LogP contribution >= 0.6 is 0 Å². The van der Waals surface area contributed by atoms with Gasteiger partial charge in [0.25, 0.3) is 0 Å². The van der Waals surface area contributed by atoms with E-state index >= 15 is 0 Å². The van der Waals surface area contributed by atoms with Gasteiger partial charge in [-0.2, -0.15) is 0 Å². The minimum Gasteiger partial charge on any atom is -0.325 e. The highest BCUT2D eigenvalue weighted by Crippen LogP contribution is 2.31. The lowest BCUT2D eigenvalue weighted by atomic mass is 9.94. The molecule has 0 aliphatic carbocycles. The smallest absolute Gasteiger partial charge is 0.320 e. The molecule has 1 aromatic rings. The molecule has 1 aromatic carbocycles. The Hall–Kier alpha value is -1.51. The summed E-state index contributed by atoms with van der Waals surface area (Å²) in [5.74, 6) is 0.518. The van der Waals surface area contributed by atoms with Gasteiger partial charge < -0.3 is 9.80 Å². The Morgan fingerprint density at radius 3 is 2.44 bits per heavy atom. The van der Waals surface area contributed by atoms with Crippen molar-refractivity contribution in [3.63, 3.8) is 0 Å². The van der Waals surface area contributed by atoms with Gasteiger partial charge in [0, 0.05) is 20.6 Å². The number of benzene rings is 1. The zero-order chi connectivity index (χ0) is 13.4. The largest absolute Gasteiger partial charge is 0.325 e. The molecular weight excluding hydrogens is 224 g/mol. The SMILES string of the molecule is Cc1ccc(C(C)C)cc1C1CN(C)C(=O)N1C. The lowest BCUT2D eigenvalue weighted by Gasteiger charge is -2.21. The van der Waals surface area contributed by atoms with E-state index in [4.69, 9.17) is 0 Å². The summed E-state index contributed by atoms with van der Waals surface area (Å²) in [5.41, 5.74) is 3.88. The topological polar surface area (TPSA) is 23.6 Å². The van der Waals surface area contributed by atoms with Crippen LogP contribution in [0, 0.1) is 6.92 Å². The monoisotopic (exact) mass is 246 g/mol. The van der Waals surface area contributed by atoms with Gasteiger partial charge in [0.15, 0.2) is 0 Å². The summed E-state index contributed by atoms with van der Waals surface area (Å²) in [5, 5.41) is 0. The Balaban J connectivity index is 2.39. The lowest BCUT2D eigenvalue weighted by Crippen LogP contribution is -2.26. The maximum atomic E-state index is 11.9. The summed E-state index contributed by atoms with van der Waals surface area (Å²) >= 11 is 0. The molecule has 98 valence electrons. The van der Waals surface area contributed by atoms with Crippen LogP contribution in [0.2, 0.25) is 0 Å². The number of carbonyl (C=O) groups is 1. The van der Waals surface area contributed by atoms with Gasteiger partial charge in [-0.15, -0.1) is 0 Å². The first-order valence-electron chi connectivity index (χ1n) is 6.50. The lowest BCUT2D eigenvalue weighted by molar-refractivity contribution is 0.201. The van der Waals surface area contributed by atoms with Crippen LogP contribution in [0.5, 0.6) is 0 Å². The van der Waals surface area contributed by atoms with Crippen LogP contribution in [-0.4, -0.2) is 36.5 Å². The van der Waals surface area contributed by atoms with E-state index in [-0.39, 0.29) is 12.1 Å².